The maximum Gasteiger partial charge on any atom is 0.417 e. The average molecular weight is 366 g/mol. The SMILES string of the molecule is C=CCOC(C)C(=O)OCC(=O)Nc1ccc(Cl)c(C(F)(F)F)c1. The largest absolute Gasteiger partial charge is 0.454 e. The van der Waals surface area contributed by atoms with Crippen LogP contribution < -0.4 is 5.32 Å². The number of halogens is 4. The van der Waals surface area contributed by atoms with E-state index in [0.29, 0.717) is 6.07 Å². The number of anilines is 1. The third-order valence-electron chi connectivity index (χ3n) is 2.70. The lowest BCUT2D eigenvalue weighted by Gasteiger charge is -2.13. The van der Waals surface area contributed by atoms with Crippen LogP contribution >= 0.6 is 11.6 Å². The molecule has 0 saturated heterocycles. The predicted octanol–water partition coefficient (Wildman–Crippen LogP) is 3.43. The quantitative estimate of drug-likeness (QED) is 0.594. The highest BCUT2D eigenvalue weighted by Gasteiger charge is 2.33. The Morgan fingerprint density at radius 2 is 2.08 bits per heavy atom. The molecule has 1 aromatic rings. The molecule has 1 N–H and O–H groups in total. The first-order valence-electron chi connectivity index (χ1n) is 6.71. The van der Waals surface area contributed by atoms with Crippen molar-refractivity contribution in [1.82, 2.24) is 0 Å². The number of carbonyl (C=O) groups excluding carboxylic acids is 2. The Morgan fingerprint density at radius 1 is 1.42 bits per heavy atom. The van der Waals surface area contributed by atoms with Crippen molar-refractivity contribution in [3.63, 3.8) is 0 Å². The summed E-state index contributed by atoms with van der Waals surface area (Å²) in [5, 5.41) is 1.70. The van der Waals surface area contributed by atoms with Crippen LogP contribution in [0.2, 0.25) is 5.02 Å². The van der Waals surface area contributed by atoms with E-state index in [2.05, 4.69) is 11.9 Å². The molecule has 0 bridgehead atoms. The molecular weight excluding hydrogens is 351 g/mol. The van der Waals surface area contributed by atoms with Crippen molar-refractivity contribution >= 4 is 29.2 Å². The Morgan fingerprint density at radius 3 is 2.67 bits per heavy atom. The van der Waals surface area contributed by atoms with Crippen LogP contribution in [0.15, 0.2) is 30.9 Å². The Balaban J connectivity index is 2.60. The molecule has 0 radical (unpaired) electrons. The molecule has 0 fully saturated rings. The molecule has 5 nitrogen and oxygen atoms in total. The average Bonchev–Trinajstić information content (AvgIpc) is 2.51. The van der Waals surface area contributed by atoms with Crippen molar-refractivity contribution < 1.29 is 32.2 Å². The smallest absolute Gasteiger partial charge is 0.417 e. The molecule has 1 amide bonds. The second kappa shape index (κ2) is 8.70. The number of esters is 1. The van der Waals surface area contributed by atoms with Gasteiger partial charge in [0, 0.05) is 5.69 Å². The predicted molar refractivity (Wildman–Crippen MR) is 81.7 cm³/mol. The lowest BCUT2D eigenvalue weighted by Crippen LogP contribution is -2.28. The number of ether oxygens (including phenoxy) is 2. The molecule has 132 valence electrons. The summed E-state index contributed by atoms with van der Waals surface area (Å²) in [6, 6.07) is 2.90. The first kappa shape index (κ1) is 20.0. The molecule has 0 aromatic heterocycles. The van der Waals surface area contributed by atoms with E-state index in [4.69, 9.17) is 21.1 Å². The first-order chi connectivity index (χ1) is 11.1. The molecule has 0 heterocycles. The van der Waals surface area contributed by atoms with Crippen LogP contribution in [0.25, 0.3) is 0 Å². The number of rotatable bonds is 7. The summed E-state index contributed by atoms with van der Waals surface area (Å²) in [6.07, 6.45) is -4.11. The highest BCUT2D eigenvalue weighted by atomic mass is 35.5. The topological polar surface area (TPSA) is 64.6 Å². The summed E-state index contributed by atoms with van der Waals surface area (Å²) >= 11 is 5.47. The van der Waals surface area contributed by atoms with Crippen molar-refractivity contribution in [3.8, 4) is 0 Å². The summed E-state index contributed by atoms with van der Waals surface area (Å²) in [7, 11) is 0. The first-order valence-corrected chi connectivity index (χ1v) is 7.08. The number of amides is 1. The van der Waals surface area contributed by atoms with Gasteiger partial charge in [-0.25, -0.2) is 4.79 Å². The fourth-order valence-corrected chi connectivity index (χ4v) is 1.78. The number of hydrogen-bond acceptors (Lipinski definition) is 4. The second-order valence-electron chi connectivity index (χ2n) is 4.61. The summed E-state index contributed by atoms with van der Waals surface area (Å²) in [5.74, 6) is -1.58. The molecule has 24 heavy (non-hydrogen) atoms. The highest BCUT2D eigenvalue weighted by Crippen LogP contribution is 2.36. The lowest BCUT2D eigenvalue weighted by atomic mass is 10.2. The minimum atomic E-state index is -4.65. The van der Waals surface area contributed by atoms with Gasteiger partial charge in [-0.15, -0.1) is 6.58 Å². The maximum absolute atomic E-state index is 12.7. The van der Waals surface area contributed by atoms with Crippen molar-refractivity contribution in [1.29, 1.82) is 0 Å². The summed E-state index contributed by atoms with van der Waals surface area (Å²) in [6.45, 7) is 4.31. The van der Waals surface area contributed by atoms with E-state index in [0.717, 1.165) is 6.07 Å². The number of hydrogen-bond donors (Lipinski definition) is 1. The third-order valence-corrected chi connectivity index (χ3v) is 3.03. The number of benzene rings is 1. The molecule has 9 heteroatoms. The molecule has 1 rings (SSSR count). The molecule has 0 saturated carbocycles. The zero-order valence-electron chi connectivity index (χ0n) is 12.7. The molecule has 0 aliphatic carbocycles. The van der Waals surface area contributed by atoms with E-state index in [9.17, 15) is 22.8 Å². The maximum atomic E-state index is 12.7. The summed E-state index contributed by atoms with van der Waals surface area (Å²) < 4.78 is 47.9. The Hall–Kier alpha value is -2.06. The van der Waals surface area contributed by atoms with Gasteiger partial charge in [0.25, 0.3) is 5.91 Å². The number of carbonyl (C=O) groups is 2. The fourth-order valence-electron chi connectivity index (χ4n) is 1.55. The summed E-state index contributed by atoms with van der Waals surface area (Å²) in [5.41, 5.74) is -1.20. The monoisotopic (exact) mass is 365 g/mol. The number of alkyl halides is 3. The Labute approximate surface area is 141 Å². The van der Waals surface area contributed by atoms with Gasteiger partial charge in [0.15, 0.2) is 12.7 Å². The minimum Gasteiger partial charge on any atom is -0.454 e. The van der Waals surface area contributed by atoms with Crippen LogP contribution in [0.4, 0.5) is 18.9 Å². The van der Waals surface area contributed by atoms with Gasteiger partial charge < -0.3 is 14.8 Å². The van der Waals surface area contributed by atoms with Crippen molar-refractivity contribution in [2.24, 2.45) is 0 Å². The molecule has 0 spiro atoms. The molecule has 1 unspecified atom stereocenters. The van der Waals surface area contributed by atoms with E-state index >= 15 is 0 Å². The Bertz CT molecular complexity index is 619. The summed E-state index contributed by atoms with van der Waals surface area (Å²) in [4.78, 5) is 23.1. The van der Waals surface area contributed by atoms with Crippen LogP contribution in [0.3, 0.4) is 0 Å². The molecular formula is C15H15ClF3NO4. The van der Waals surface area contributed by atoms with Gasteiger partial charge in [0.05, 0.1) is 17.2 Å². The minimum absolute atomic E-state index is 0.122. The van der Waals surface area contributed by atoms with Crippen molar-refractivity contribution in [2.75, 3.05) is 18.5 Å². The van der Waals surface area contributed by atoms with Gasteiger partial charge in [-0.3, -0.25) is 4.79 Å². The second-order valence-corrected chi connectivity index (χ2v) is 5.02. The van der Waals surface area contributed by atoms with Crippen molar-refractivity contribution in [3.05, 3.63) is 41.4 Å². The van der Waals surface area contributed by atoms with Gasteiger partial charge in [-0.2, -0.15) is 13.2 Å². The van der Waals surface area contributed by atoms with Gasteiger partial charge in [-0.1, -0.05) is 17.7 Å². The van der Waals surface area contributed by atoms with Crippen LogP contribution in [0, 0.1) is 0 Å². The lowest BCUT2D eigenvalue weighted by molar-refractivity contribution is -0.157. The molecule has 1 atom stereocenters. The van der Waals surface area contributed by atoms with Crippen LogP contribution in [-0.2, 0) is 25.2 Å². The van der Waals surface area contributed by atoms with Gasteiger partial charge in [0.2, 0.25) is 0 Å². The normalized spacial score (nSPS) is 12.4. The zero-order chi connectivity index (χ0) is 18.3. The molecule has 0 aliphatic rings. The Kier molecular flexibility index (Phi) is 7.24. The number of nitrogens with one attached hydrogen (secondary N) is 1. The van der Waals surface area contributed by atoms with Gasteiger partial charge in [0.1, 0.15) is 0 Å². The zero-order valence-corrected chi connectivity index (χ0v) is 13.4. The van der Waals surface area contributed by atoms with Gasteiger partial charge >= 0.3 is 12.1 Å². The van der Waals surface area contributed by atoms with E-state index in [-0.39, 0.29) is 12.3 Å². The fraction of sp³-hybridized carbons (Fsp3) is 0.333. The van der Waals surface area contributed by atoms with E-state index in [1.807, 2.05) is 0 Å². The van der Waals surface area contributed by atoms with Crippen LogP contribution in [0.1, 0.15) is 12.5 Å². The van der Waals surface area contributed by atoms with E-state index in [1.165, 1.54) is 19.1 Å². The van der Waals surface area contributed by atoms with E-state index < -0.39 is 41.3 Å². The van der Waals surface area contributed by atoms with E-state index in [1.54, 1.807) is 0 Å². The van der Waals surface area contributed by atoms with Crippen molar-refractivity contribution in [2.45, 2.75) is 19.2 Å². The highest BCUT2D eigenvalue weighted by molar-refractivity contribution is 6.31. The van der Waals surface area contributed by atoms with Gasteiger partial charge in [-0.05, 0) is 25.1 Å². The van der Waals surface area contributed by atoms with Crippen LogP contribution in [-0.4, -0.2) is 31.2 Å². The van der Waals surface area contributed by atoms with Crippen LogP contribution in [0.5, 0.6) is 0 Å². The molecule has 1 aromatic carbocycles. The molecule has 0 aliphatic heterocycles. The standard InChI is InChI=1S/C15H15ClF3NO4/c1-3-6-23-9(2)14(22)24-8-13(21)20-10-4-5-12(16)11(7-10)15(17,18)19/h3-5,7,9H,1,6,8H2,2H3,(H,20,21). The third kappa shape index (κ3) is 6.21.